The molecule has 3 heterocycles. The van der Waals surface area contributed by atoms with Gasteiger partial charge in [-0.05, 0) is 74.9 Å². The second-order valence-electron chi connectivity index (χ2n) is 17.4. The Balaban J connectivity index is 0.00000210. The predicted molar refractivity (Wildman–Crippen MR) is 209 cm³/mol. The molecule has 3 saturated heterocycles. The Hall–Kier alpha value is -1.39. The van der Waals surface area contributed by atoms with E-state index in [0.29, 0.717) is 12.7 Å². The first-order valence-electron chi connectivity index (χ1n) is 19.8. The van der Waals surface area contributed by atoms with Crippen LogP contribution in [0.4, 0.5) is 0 Å². The molecule has 0 aromatic heterocycles. The smallest absolute Gasteiger partial charge is 0.311 e. The summed E-state index contributed by atoms with van der Waals surface area (Å²) in [6.45, 7) is 17.1. The van der Waals surface area contributed by atoms with Gasteiger partial charge >= 0.3 is 5.97 Å². The maximum Gasteiger partial charge on any atom is 0.311 e. The zero-order valence-corrected chi connectivity index (χ0v) is 37.4. The largest absolute Gasteiger partial charge is 0.459 e. The first-order chi connectivity index (χ1) is 26.0. The number of aliphatic hydroxyl groups is 4. The van der Waals surface area contributed by atoms with Crippen LogP contribution in [0, 0.1) is 23.7 Å². The van der Waals surface area contributed by atoms with E-state index in [4.69, 9.17) is 37.7 Å². The molecule has 0 aromatic carbocycles. The number of aliphatic hydroxyl groups excluding tert-OH is 3. The molecule has 0 aliphatic carbocycles. The monoisotopic (exact) mass is 843 g/mol. The molecule has 17 nitrogen and oxygen atoms in total. The van der Waals surface area contributed by atoms with E-state index in [1.165, 1.54) is 21.1 Å². The van der Waals surface area contributed by atoms with Crippen LogP contribution in [-0.2, 0) is 52.9 Å². The molecule has 0 radical (unpaired) electrons. The molecule has 18 atom stereocenters. The van der Waals surface area contributed by atoms with E-state index in [9.17, 15) is 38.4 Å². The number of Topliss-reactive ketones (excluding diaryl/α,β-unsaturated/α-hetero) is 1. The fraction of sp³-hybridized carbons (Fsp3) is 0.949. The molecule has 3 fully saturated rings. The van der Waals surface area contributed by atoms with Crippen molar-refractivity contribution in [3.63, 3.8) is 0 Å². The number of likely N-dealkylation sites (N-methyl/N-ethyl adjacent to an activating group) is 1. The molecule has 5 N–H and O–H groups in total. The molecule has 336 valence electrons. The van der Waals surface area contributed by atoms with Crippen molar-refractivity contribution < 1.29 is 76.1 Å². The van der Waals surface area contributed by atoms with Gasteiger partial charge in [0, 0.05) is 44.4 Å². The second kappa shape index (κ2) is 20.4. The summed E-state index contributed by atoms with van der Waals surface area (Å²) in [4.78, 5) is 30.1. The summed E-state index contributed by atoms with van der Waals surface area (Å²) in [6, 6.07) is -0.283. The van der Waals surface area contributed by atoms with Crippen molar-refractivity contribution in [2.45, 2.75) is 179 Å². The molecule has 3 aliphatic heterocycles. The first kappa shape index (κ1) is 51.8. The van der Waals surface area contributed by atoms with E-state index in [1.54, 1.807) is 48.5 Å². The Bertz CT molecular complexity index is 1410. The summed E-state index contributed by atoms with van der Waals surface area (Å²) < 4.78 is 69.7. The maximum absolute atomic E-state index is 14.2. The number of nitrogens with zero attached hydrogens (tertiary/aromatic N) is 1. The second-order valence-corrected chi connectivity index (χ2v) is 18.8. The summed E-state index contributed by atoms with van der Waals surface area (Å²) in [7, 11) is 3.10. The van der Waals surface area contributed by atoms with Crippen molar-refractivity contribution in [1.29, 1.82) is 0 Å². The Morgan fingerprint density at radius 2 is 1.40 bits per heavy atom. The highest BCUT2D eigenvalue weighted by molar-refractivity contribution is 7.85. The number of hydrogen-bond acceptors (Lipinski definition) is 16. The number of hydrogen-bond donors (Lipinski definition) is 5. The van der Waals surface area contributed by atoms with Gasteiger partial charge in [0.15, 0.2) is 12.6 Å². The maximum atomic E-state index is 14.2. The van der Waals surface area contributed by atoms with Gasteiger partial charge in [-0.3, -0.25) is 14.1 Å². The fourth-order valence-electron chi connectivity index (χ4n) is 8.58. The van der Waals surface area contributed by atoms with Gasteiger partial charge in [0.05, 0.1) is 53.9 Å². The van der Waals surface area contributed by atoms with Crippen LogP contribution in [0.3, 0.4) is 0 Å². The van der Waals surface area contributed by atoms with Gasteiger partial charge in [-0.25, -0.2) is 0 Å². The van der Waals surface area contributed by atoms with Crippen LogP contribution in [0.25, 0.3) is 0 Å². The molecular weight excluding hydrogens is 770 g/mol. The topological polar surface area (TPSA) is 237 Å². The quantitative estimate of drug-likeness (QED) is 0.173. The van der Waals surface area contributed by atoms with Crippen molar-refractivity contribution in [2.75, 3.05) is 34.6 Å². The number of carbonyl (C=O) groups excluding carboxylic acids is 2. The first-order valence-corrected chi connectivity index (χ1v) is 21.7. The highest BCUT2D eigenvalue weighted by atomic mass is 32.2. The SMILES string of the molecule is CC[C@H]1OC(=O)[C@H](C)[C@@H](O[C@H]2C[C@@](C)(OC)[C@@H](O)[C@H](C)O2)[C@H](C)[C@@H](O[C@@H]2O[C@H](C)C[C@H](N(C)C)[C@H]2O)[C@](C)(OC)C[C@@H](C)C(=O)[C@H](C)[C@@H](O)[C@]1(C)O.CS(=O)(=O)O. The lowest BCUT2D eigenvalue weighted by molar-refractivity contribution is -0.319. The Morgan fingerprint density at radius 3 is 1.89 bits per heavy atom. The van der Waals surface area contributed by atoms with Crippen LogP contribution in [0.5, 0.6) is 0 Å². The van der Waals surface area contributed by atoms with Gasteiger partial charge < -0.3 is 58.5 Å². The Labute approximate surface area is 339 Å². The average Bonchev–Trinajstić information content (AvgIpc) is 3.11. The lowest BCUT2D eigenvalue weighted by Gasteiger charge is -2.50. The van der Waals surface area contributed by atoms with E-state index in [2.05, 4.69) is 0 Å². The third kappa shape index (κ3) is 12.8. The number of cyclic esters (lactones) is 1. The molecule has 0 bridgehead atoms. The van der Waals surface area contributed by atoms with Crippen LogP contribution in [0.1, 0.15) is 94.9 Å². The summed E-state index contributed by atoms with van der Waals surface area (Å²) in [5.74, 6) is -4.47. The van der Waals surface area contributed by atoms with Crippen LogP contribution in [0.2, 0.25) is 0 Å². The molecular formula is C39H73NO16S. The van der Waals surface area contributed by atoms with Gasteiger partial charge in [0.1, 0.15) is 29.7 Å². The molecule has 18 heteroatoms. The van der Waals surface area contributed by atoms with Crippen LogP contribution < -0.4 is 0 Å². The highest BCUT2D eigenvalue weighted by Gasteiger charge is 2.54. The van der Waals surface area contributed by atoms with Crippen LogP contribution in [0.15, 0.2) is 0 Å². The summed E-state index contributed by atoms with van der Waals surface area (Å²) >= 11 is 0. The van der Waals surface area contributed by atoms with Crippen molar-refractivity contribution in [3.05, 3.63) is 0 Å². The Kier molecular flexibility index (Phi) is 18.6. The minimum atomic E-state index is -3.67. The summed E-state index contributed by atoms with van der Waals surface area (Å²) in [5, 5.41) is 45.6. The van der Waals surface area contributed by atoms with Gasteiger partial charge in [-0.1, -0.05) is 27.7 Å². The number of ether oxygens (including phenoxy) is 7. The lowest BCUT2D eigenvalue weighted by Crippen LogP contribution is -2.61. The van der Waals surface area contributed by atoms with E-state index < -0.39 is 112 Å². The van der Waals surface area contributed by atoms with E-state index in [0.717, 1.165) is 0 Å². The fourth-order valence-corrected chi connectivity index (χ4v) is 8.58. The highest BCUT2D eigenvalue weighted by Crippen LogP contribution is 2.41. The number of rotatable bonds is 8. The zero-order chi connectivity index (χ0) is 44.2. The molecule has 0 spiro atoms. The van der Waals surface area contributed by atoms with Gasteiger partial charge in [-0.2, -0.15) is 8.42 Å². The number of methoxy groups -OCH3 is 2. The lowest BCUT2D eigenvalue weighted by atomic mass is 9.74. The number of esters is 1. The van der Waals surface area contributed by atoms with Gasteiger partial charge in [-0.15, -0.1) is 0 Å². The van der Waals surface area contributed by atoms with E-state index in [1.807, 2.05) is 32.8 Å². The minimum absolute atomic E-state index is 0.111. The molecule has 0 amide bonds. The number of carbonyl (C=O) groups is 2. The van der Waals surface area contributed by atoms with E-state index in [-0.39, 0.29) is 37.2 Å². The number of ketones is 1. The molecule has 0 saturated carbocycles. The summed E-state index contributed by atoms with van der Waals surface area (Å²) in [5.41, 5.74) is -4.24. The molecule has 3 aliphatic rings. The van der Waals surface area contributed by atoms with Crippen LogP contribution >= 0.6 is 0 Å². The normalized spacial score (nSPS) is 45.7. The molecule has 57 heavy (non-hydrogen) atoms. The standard InChI is InChI=1S/C38H69NO13.CH4O3S/c1-15-26-38(10,45)31(42)21(4)28(40)19(2)17-37(9,47-14)33(52-35-29(41)25(39(11)12)16-20(3)48-35)22(5)30(23(6)34(44)50-26)51-27-18-36(8,46-13)32(43)24(7)49-27;1-5(2,3)4/h19-27,29-33,35,41-43,45H,15-18H2,1-14H3;1H3,(H,2,3,4)/t19-,20-,21+,22+,23-,24+,25+,26-,27+,29-,30+,31-,32+,33-,35+,36-,37-,38-;/m1./s1. The third-order valence-electron chi connectivity index (χ3n) is 12.3. The van der Waals surface area contributed by atoms with Crippen molar-refractivity contribution in [3.8, 4) is 0 Å². The van der Waals surface area contributed by atoms with Gasteiger partial charge in [0.2, 0.25) is 0 Å². The zero-order valence-electron chi connectivity index (χ0n) is 36.6. The van der Waals surface area contributed by atoms with Crippen molar-refractivity contribution in [2.24, 2.45) is 23.7 Å². The predicted octanol–water partition coefficient (Wildman–Crippen LogP) is 1.94. The van der Waals surface area contributed by atoms with Gasteiger partial charge in [0.25, 0.3) is 10.1 Å². The third-order valence-corrected chi connectivity index (χ3v) is 12.3. The summed E-state index contributed by atoms with van der Waals surface area (Å²) in [6.07, 6.45) is -8.01. The van der Waals surface area contributed by atoms with E-state index >= 15 is 0 Å². The molecule has 3 rings (SSSR count). The molecule has 0 unspecified atom stereocenters. The Morgan fingerprint density at radius 1 is 0.860 bits per heavy atom. The molecule has 0 aromatic rings. The van der Waals surface area contributed by atoms with Crippen molar-refractivity contribution in [1.82, 2.24) is 4.90 Å². The van der Waals surface area contributed by atoms with Crippen molar-refractivity contribution >= 4 is 21.9 Å². The van der Waals surface area contributed by atoms with Crippen LogP contribution in [-0.4, -0.2) is 169 Å². The minimum Gasteiger partial charge on any atom is -0.459 e. The average molecular weight is 844 g/mol.